The van der Waals surface area contributed by atoms with Gasteiger partial charge in [-0.05, 0) is 23.8 Å². The molecule has 3 unspecified atom stereocenters. The Hall–Kier alpha value is -0.820. The SMILES string of the molecule is CN=C(NCC(C)COCc1ccccc1)NC1CC1C.I. The highest BCUT2D eigenvalue weighted by Gasteiger charge is 2.33. The van der Waals surface area contributed by atoms with Crippen molar-refractivity contribution in [1.29, 1.82) is 0 Å². The predicted octanol–water partition coefficient (Wildman–Crippen LogP) is 3.03. The molecule has 2 N–H and O–H groups in total. The Labute approximate surface area is 151 Å². The Balaban J connectivity index is 0.00000242. The molecular weight excluding hydrogens is 389 g/mol. The zero-order chi connectivity index (χ0) is 15.1. The number of hydrogen-bond donors (Lipinski definition) is 2. The Kier molecular flexibility index (Phi) is 8.78. The van der Waals surface area contributed by atoms with Crippen molar-refractivity contribution in [3.8, 4) is 0 Å². The zero-order valence-electron chi connectivity index (χ0n) is 13.7. The molecule has 4 nitrogen and oxygen atoms in total. The molecule has 1 fully saturated rings. The van der Waals surface area contributed by atoms with E-state index in [1.54, 1.807) is 0 Å². The lowest BCUT2D eigenvalue weighted by Crippen LogP contribution is -2.41. The first kappa shape index (κ1) is 19.2. The molecule has 0 bridgehead atoms. The van der Waals surface area contributed by atoms with Crippen molar-refractivity contribution in [3.63, 3.8) is 0 Å². The molecular formula is C17H28IN3O. The van der Waals surface area contributed by atoms with Crippen LogP contribution in [0.25, 0.3) is 0 Å². The van der Waals surface area contributed by atoms with Crippen LogP contribution in [0.5, 0.6) is 0 Å². The molecule has 1 aliphatic carbocycles. The van der Waals surface area contributed by atoms with Crippen molar-refractivity contribution in [2.45, 2.75) is 32.9 Å². The summed E-state index contributed by atoms with van der Waals surface area (Å²) in [7, 11) is 1.82. The molecule has 0 heterocycles. The second-order valence-electron chi connectivity index (χ2n) is 6.02. The molecule has 22 heavy (non-hydrogen) atoms. The second-order valence-corrected chi connectivity index (χ2v) is 6.02. The van der Waals surface area contributed by atoms with Crippen molar-refractivity contribution in [1.82, 2.24) is 10.6 Å². The number of ether oxygens (including phenoxy) is 1. The Morgan fingerprint density at radius 3 is 2.64 bits per heavy atom. The lowest BCUT2D eigenvalue weighted by molar-refractivity contribution is 0.0931. The number of nitrogens with zero attached hydrogens (tertiary/aromatic N) is 1. The number of guanidine groups is 1. The van der Waals surface area contributed by atoms with E-state index in [2.05, 4.69) is 41.6 Å². The molecule has 0 amide bonds. The van der Waals surface area contributed by atoms with Crippen LogP contribution in [0.4, 0.5) is 0 Å². The average Bonchev–Trinajstić information content (AvgIpc) is 3.19. The first-order valence-electron chi connectivity index (χ1n) is 7.78. The first-order chi connectivity index (χ1) is 10.2. The topological polar surface area (TPSA) is 45.7 Å². The van der Waals surface area contributed by atoms with E-state index in [9.17, 15) is 0 Å². The standard InChI is InChI=1S/C17H27N3O.HI/c1-13(11-21-12-15-7-5-4-6-8-15)10-19-17(18-3)20-16-9-14(16)2;/h4-8,13-14,16H,9-12H2,1-3H3,(H2,18,19,20);1H. The lowest BCUT2D eigenvalue weighted by Gasteiger charge is -2.16. The van der Waals surface area contributed by atoms with Gasteiger partial charge < -0.3 is 15.4 Å². The summed E-state index contributed by atoms with van der Waals surface area (Å²) in [5.41, 5.74) is 1.22. The molecule has 1 aromatic carbocycles. The van der Waals surface area contributed by atoms with Crippen molar-refractivity contribution in [3.05, 3.63) is 35.9 Å². The first-order valence-corrected chi connectivity index (χ1v) is 7.78. The number of halogens is 1. The summed E-state index contributed by atoms with van der Waals surface area (Å²) in [6, 6.07) is 10.9. The molecule has 124 valence electrons. The van der Waals surface area contributed by atoms with E-state index in [0.29, 0.717) is 18.6 Å². The van der Waals surface area contributed by atoms with Gasteiger partial charge in [0.05, 0.1) is 13.2 Å². The fourth-order valence-electron chi connectivity index (χ4n) is 2.18. The van der Waals surface area contributed by atoms with Crippen LogP contribution in [-0.4, -0.2) is 32.2 Å². The van der Waals surface area contributed by atoms with Crippen LogP contribution in [0.15, 0.2) is 35.3 Å². The van der Waals surface area contributed by atoms with Crippen LogP contribution in [0.3, 0.4) is 0 Å². The van der Waals surface area contributed by atoms with Crippen LogP contribution >= 0.6 is 24.0 Å². The van der Waals surface area contributed by atoms with Gasteiger partial charge in [0.2, 0.25) is 0 Å². The van der Waals surface area contributed by atoms with Gasteiger partial charge in [0.1, 0.15) is 0 Å². The number of benzene rings is 1. The lowest BCUT2D eigenvalue weighted by atomic mass is 10.2. The van der Waals surface area contributed by atoms with Crippen LogP contribution < -0.4 is 10.6 Å². The van der Waals surface area contributed by atoms with Gasteiger partial charge >= 0.3 is 0 Å². The van der Waals surface area contributed by atoms with E-state index in [4.69, 9.17) is 4.74 Å². The molecule has 0 aromatic heterocycles. The largest absolute Gasteiger partial charge is 0.376 e. The molecule has 1 aromatic rings. The number of nitrogens with one attached hydrogen (secondary N) is 2. The Morgan fingerprint density at radius 2 is 2.05 bits per heavy atom. The zero-order valence-corrected chi connectivity index (χ0v) is 16.0. The predicted molar refractivity (Wildman–Crippen MR) is 103 cm³/mol. The smallest absolute Gasteiger partial charge is 0.191 e. The van der Waals surface area contributed by atoms with Gasteiger partial charge in [-0.2, -0.15) is 0 Å². The average molecular weight is 417 g/mol. The minimum atomic E-state index is 0. The summed E-state index contributed by atoms with van der Waals surface area (Å²) in [6.07, 6.45) is 1.25. The van der Waals surface area contributed by atoms with Crippen molar-refractivity contribution < 1.29 is 4.74 Å². The second kappa shape index (κ2) is 10.0. The van der Waals surface area contributed by atoms with Gasteiger partial charge in [0, 0.05) is 19.6 Å². The molecule has 1 saturated carbocycles. The summed E-state index contributed by atoms with van der Waals surface area (Å²) in [6.45, 7) is 6.74. The van der Waals surface area contributed by atoms with Gasteiger partial charge in [0.25, 0.3) is 0 Å². The van der Waals surface area contributed by atoms with Gasteiger partial charge in [-0.1, -0.05) is 44.2 Å². The monoisotopic (exact) mass is 417 g/mol. The van der Waals surface area contributed by atoms with E-state index in [-0.39, 0.29) is 24.0 Å². The van der Waals surface area contributed by atoms with E-state index in [0.717, 1.165) is 25.0 Å². The number of hydrogen-bond acceptors (Lipinski definition) is 2. The fourth-order valence-corrected chi connectivity index (χ4v) is 2.18. The minimum absolute atomic E-state index is 0. The molecule has 5 heteroatoms. The van der Waals surface area contributed by atoms with Crippen LogP contribution in [0, 0.1) is 11.8 Å². The molecule has 3 atom stereocenters. The highest BCUT2D eigenvalue weighted by molar-refractivity contribution is 14.0. The Bertz CT molecular complexity index is 452. The minimum Gasteiger partial charge on any atom is -0.376 e. The Morgan fingerprint density at radius 1 is 1.36 bits per heavy atom. The highest BCUT2D eigenvalue weighted by atomic mass is 127. The van der Waals surface area contributed by atoms with E-state index < -0.39 is 0 Å². The summed E-state index contributed by atoms with van der Waals surface area (Å²) >= 11 is 0. The van der Waals surface area contributed by atoms with Crippen molar-refractivity contribution in [2.75, 3.05) is 20.2 Å². The van der Waals surface area contributed by atoms with E-state index in [1.807, 2.05) is 25.2 Å². The van der Waals surface area contributed by atoms with Gasteiger partial charge in [0.15, 0.2) is 5.96 Å². The molecule has 2 rings (SSSR count). The fraction of sp³-hybridized carbons (Fsp3) is 0.588. The van der Waals surface area contributed by atoms with Crippen molar-refractivity contribution in [2.24, 2.45) is 16.8 Å². The molecule has 0 saturated heterocycles. The summed E-state index contributed by atoms with van der Waals surface area (Å²) in [5, 5.41) is 6.79. The summed E-state index contributed by atoms with van der Waals surface area (Å²) in [5.74, 6) is 2.12. The highest BCUT2D eigenvalue weighted by Crippen LogP contribution is 2.28. The number of aliphatic imine (C=N–C) groups is 1. The third-order valence-electron chi connectivity index (χ3n) is 3.79. The molecule has 0 spiro atoms. The van der Waals surface area contributed by atoms with Gasteiger partial charge in [-0.15, -0.1) is 24.0 Å². The van der Waals surface area contributed by atoms with E-state index >= 15 is 0 Å². The normalized spacial score (nSPS) is 21.7. The van der Waals surface area contributed by atoms with Crippen LogP contribution in [-0.2, 0) is 11.3 Å². The summed E-state index contributed by atoms with van der Waals surface area (Å²) < 4.78 is 5.76. The molecule has 0 aliphatic heterocycles. The van der Waals surface area contributed by atoms with Gasteiger partial charge in [-0.25, -0.2) is 0 Å². The maximum absolute atomic E-state index is 5.76. The number of rotatable bonds is 7. The third kappa shape index (κ3) is 6.96. The summed E-state index contributed by atoms with van der Waals surface area (Å²) in [4.78, 5) is 4.26. The molecule has 1 aliphatic rings. The van der Waals surface area contributed by atoms with Gasteiger partial charge in [-0.3, -0.25) is 4.99 Å². The van der Waals surface area contributed by atoms with E-state index in [1.165, 1.54) is 12.0 Å². The quantitative estimate of drug-likeness (QED) is 0.407. The molecule has 0 radical (unpaired) electrons. The maximum Gasteiger partial charge on any atom is 0.191 e. The van der Waals surface area contributed by atoms with Crippen LogP contribution in [0.2, 0.25) is 0 Å². The van der Waals surface area contributed by atoms with Crippen molar-refractivity contribution >= 4 is 29.9 Å². The van der Waals surface area contributed by atoms with Crippen LogP contribution in [0.1, 0.15) is 25.8 Å². The third-order valence-corrected chi connectivity index (χ3v) is 3.79. The maximum atomic E-state index is 5.76.